The molecule has 1 aliphatic heterocycles. The van der Waals surface area contributed by atoms with Crippen LogP contribution in [0.4, 0.5) is 10.1 Å². The molecule has 10 heteroatoms. The number of likely N-dealkylation sites (N-methyl/N-ethyl adjacent to an activating group) is 1. The molecule has 1 fully saturated rings. The lowest BCUT2D eigenvalue weighted by Gasteiger charge is -2.26. The summed E-state index contributed by atoms with van der Waals surface area (Å²) in [5, 5.41) is 8.37. The Morgan fingerprint density at radius 3 is 2.48 bits per heavy atom. The van der Waals surface area contributed by atoms with Crippen LogP contribution in [-0.2, 0) is 14.8 Å². The Bertz CT molecular complexity index is 970. The number of nitrogens with zero attached hydrogens (tertiary/aromatic N) is 2. The van der Waals surface area contributed by atoms with Gasteiger partial charge < -0.3 is 14.4 Å². The number of aromatic carboxylic acids is 1. The second kappa shape index (κ2) is 7.12. The van der Waals surface area contributed by atoms with Crippen LogP contribution in [0.1, 0.15) is 23.4 Å². The lowest BCUT2D eigenvalue weighted by Crippen LogP contribution is -2.46. The van der Waals surface area contributed by atoms with Crippen molar-refractivity contribution in [3.63, 3.8) is 0 Å². The fraction of sp³-hybridized carbons (Fsp3) is 0.294. The quantitative estimate of drug-likeness (QED) is 0.827. The molecule has 8 nitrogen and oxygen atoms in total. The Morgan fingerprint density at radius 2 is 1.89 bits per heavy atom. The van der Waals surface area contributed by atoms with Gasteiger partial charge in [-0.2, -0.15) is 4.31 Å². The van der Waals surface area contributed by atoms with Gasteiger partial charge in [0.1, 0.15) is 11.9 Å². The topological polar surface area (TPSA) is 108 Å². The van der Waals surface area contributed by atoms with Crippen molar-refractivity contribution in [2.45, 2.75) is 24.0 Å². The van der Waals surface area contributed by atoms with Gasteiger partial charge in [-0.25, -0.2) is 17.6 Å². The Hall–Kier alpha value is -2.72. The number of benzene rings is 1. The fourth-order valence-electron chi connectivity index (χ4n) is 2.98. The van der Waals surface area contributed by atoms with E-state index < -0.39 is 44.6 Å². The SMILES string of the molecule is CN(C(=O)C1CCCN1S(=O)(=O)c1ccc(C(=O)O)o1)c1ccc(F)cc1. The summed E-state index contributed by atoms with van der Waals surface area (Å²) in [7, 11) is -2.69. The summed E-state index contributed by atoms with van der Waals surface area (Å²) in [5.74, 6) is -2.80. The molecule has 0 radical (unpaired) electrons. The Labute approximate surface area is 154 Å². The van der Waals surface area contributed by atoms with E-state index in [1.165, 1.54) is 36.2 Å². The van der Waals surface area contributed by atoms with Crippen molar-refractivity contribution >= 4 is 27.6 Å². The normalized spacial score (nSPS) is 17.8. The smallest absolute Gasteiger partial charge is 0.371 e. The average Bonchev–Trinajstić information content (AvgIpc) is 3.31. The summed E-state index contributed by atoms with van der Waals surface area (Å²) in [6.07, 6.45) is 0.787. The molecular weight excluding hydrogens is 379 g/mol. The maximum Gasteiger partial charge on any atom is 0.371 e. The summed E-state index contributed by atoms with van der Waals surface area (Å²) >= 11 is 0. The fourth-order valence-corrected chi connectivity index (χ4v) is 4.55. The highest BCUT2D eigenvalue weighted by atomic mass is 32.2. The molecule has 3 rings (SSSR count). The van der Waals surface area contributed by atoms with Crippen LogP contribution in [0.2, 0.25) is 0 Å². The molecule has 0 saturated carbocycles. The first-order valence-electron chi connectivity index (χ1n) is 8.10. The molecule has 1 atom stereocenters. The van der Waals surface area contributed by atoms with Crippen LogP contribution in [0.5, 0.6) is 0 Å². The highest BCUT2D eigenvalue weighted by Gasteiger charge is 2.42. The number of anilines is 1. The number of furan rings is 1. The number of rotatable bonds is 5. The monoisotopic (exact) mass is 396 g/mol. The van der Waals surface area contributed by atoms with Crippen LogP contribution in [0.3, 0.4) is 0 Å². The number of carbonyl (C=O) groups is 2. The molecule has 1 N–H and O–H groups in total. The first-order valence-corrected chi connectivity index (χ1v) is 9.54. The first-order chi connectivity index (χ1) is 12.7. The van der Waals surface area contributed by atoms with Crippen LogP contribution in [0, 0.1) is 5.82 Å². The lowest BCUT2D eigenvalue weighted by molar-refractivity contribution is -0.121. The van der Waals surface area contributed by atoms with Crippen LogP contribution in [-0.4, -0.2) is 49.3 Å². The van der Waals surface area contributed by atoms with Gasteiger partial charge in [0.2, 0.25) is 16.8 Å². The third kappa shape index (κ3) is 3.58. The van der Waals surface area contributed by atoms with E-state index in [-0.39, 0.29) is 6.54 Å². The van der Waals surface area contributed by atoms with Gasteiger partial charge in [-0.05, 0) is 49.2 Å². The number of carbonyl (C=O) groups excluding carboxylic acids is 1. The summed E-state index contributed by atoms with van der Waals surface area (Å²) in [6, 6.07) is 6.41. The van der Waals surface area contributed by atoms with Gasteiger partial charge in [-0.1, -0.05) is 0 Å². The van der Waals surface area contributed by atoms with Crippen LogP contribution in [0.15, 0.2) is 45.9 Å². The van der Waals surface area contributed by atoms with E-state index in [2.05, 4.69) is 0 Å². The highest BCUT2D eigenvalue weighted by Crippen LogP contribution is 2.29. The number of hydrogen-bond acceptors (Lipinski definition) is 5. The van der Waals surface area contributed by atoms with Gasteiger partial charge in [0.25, 0.3) is 10.0 Å². The number of sulfonamides is 1. The molecule has 144 valence electrons. The van der Waals surface area contributed by atoms with Crippen LogP contribution in [0.25, 0.3) is 0 Å². The van der Waals surface area contributed by atoms with Gasteiger partial charge >= 0.3 is 5.97 Å². The van der Waals surface area contributed by atoms with E-state index in [4.69, 9.17) is 9.52 Å². The Morgan fingerprint density at radius 1 is 1.22 bits per heavy atom. The Kier molecular flexibility index (Phi) is 5.03. The molecule has 2 heterocycles. The van der Waals surface area contributed by atoms with E-state index in [0.717, 1.165) is 16.4 Å². The molecule has 0 spiro atoms. The summed E-state index contributed by atoms with van der Waals surface area (Å²) < 4.78 is 44.6. The van der Waals surface area contributed by atoms with E-state index in [0.29, 0.717) is 18.5 Å². The molecule has 2 aromatic rings. The predicted octanol–water partition coefficient (Wildman–Crippen LogP) is 1.93. The van der Waals surface area contributed by atoms with Crippen molar-refractivity contribution in [3.05, 3.63) is 48.0 Å². The summed E-state index contributed by atoms with van der Waals surface area (Å²) in [5.41, 5.74) is 0.428. The zero-order valence-electron chi connectivity index (χ0n) is 14.3. The van der Waals surface area contributed by atoms with Gasteiger partial charge in [-0.3, -0.25) is 4.79 Å². The Balaban J connectivity index is 1.86. The molecular formula is C17H17FN2O6S. The third-order valence-electron chi connectivity index (χ3n) is 4.39. The molecule has 1 aromatic carbocycles. The second-order valence-corrected chi connectivity index (χ2v) is 7.89. The zero-order chi connectivity index (χ0) is 19.8. The minimum absolute atomic E-state index is 0.110. The van der Waals surface area contributed by atoms with Gasteiger partial charge in [-0.15, -0.1) is 0 Å². The minimum Gasteiger partial charge on any atom is -0.475 e. The standard InChI is InChI=1S/C17H17FN2O6S/c1-19(12-6-4-11(18)5-7-12)16(21)13-3-2-10-20(13)27(24,25)15-9-8-14(26-15)17(22)23/h4-9,13H,2-3,10H2,1H3,(H,22,23). The average molecular weight is 396 g/mol. The van der Waals surface area contributed by atoms with Gasteiger partial charge in [0.15, 0.2) is 0 Å². The number of carboxylic acid groups (broad SMARTS) is 1. The van der Waals surface area contributed by atoms with E-state index in [1.54, 1.807) is 0 Å². The molecule has 1 saturated heterocycles. The minimum atomic E-state index is -4.17. The predicted molar refractivity (Wildman–Crippen MR) is 92.4 cm³/mol. The first kappa shape index (κ1) is 19.1. The lowest BCUT2D eigenvalue weighted by atomic mass is 10.2. The van der Waals surface area contributed by atoms with Gasteiger partial charge in [0.05, 0.1) is 0 Å². The molecule has 1 unspecified atom stereocenters. The zero-order valence-corrected chi connectivity index (χ0v) is 15.1. The number of hydrogen-bond donors (Lipinski definition) is 1. The molecule has 1 amide bonds. The summed E-state index contributed by atoms with van der Waals surface area (Å²) in [4.78, 5) is 25.0. The van der Waals surface area contributed by atoms with E-state index in [1.807, 2.05) is 0 Å². The highest BCUT2D eigenvalue weighted by molar-refractivity contribution is 7.89. The van der Waals surface area contributed by atoms with E-state index >= 15 is 0 Å². The maximum absolute atomic E-state index is 13.1. The van der Waals surface area contributed by atoms with E-state index in [9.17, 15) is 22.4 Å². The van der Waals surface area contributed by atoms with Crippen molar-refractivity contribution in [1.82, 2.24) is 4.31 Å². The molecule has 1 aliphatic rings. The van der Waals surface area contributed by atoms with Crippen molar-refractivity contribution in [2.75, 3.05) is 18.5 Å². The molecule has 1 aromatic heterocycles. The summed E-state index contributed by atoms with van der Waals surface area (Å²) in [6.45, 7) is 0.110. The van der Waals surface area contributed by atoms with Crippen molar-refractivity contribution in [2.24, 2.45) is 0 Å². The largest absolute Gasteiger partial charge is 0.475 e. The van der Waals surface area contributed by atoms with Crippen molar-refractivity contribution in [3.8, 4) is 0 Å². The maximum atomic E-state index is 13.1. The number of carboxylic acids is 1. The van der Waals surface area contributed by atoms with Crippen molar-refractivity contribution < 1.29 is 31.9 Å². The van der Waals surface area contributed by atoms with Crippen LogP contribution >= 0.6 is 0 Å². The molecule has 27 heavy (non-hydrogen) atoms. The van der Waals surface area contributed by atoms with Gasteiger partial charge in [0, 0.05) is 19.3 Å². The number of halogens is 1. The third-order valence-corrected chi connectivity index (χ3v) is 6.17. The molecule has 0 aliphatic carbocycles. The second-order valence-electron chi connectivity index (χ2n) is 6.07. The van der Waals surface area contributed by atoms with Crippen LogP contribution < -0.4 is 4.90 Å². The van der Waals surface area contributed by atoms with Crippen molar-refractivity contribution in [1.29, 1.82) is 0 Å². The number of amides is 1. The molecule has 0 bridgehead atoms.